The summed E-state index contributed by atoms with van der Waals surface area (Å²) >= 11 is 0. The van der Waals surface area contributed by atoms with Crippen LogP contribution in [0.1, 0.15) is 37.0 Å². The predicted molar refractivity (Wildman–Crippen MR) is 76.8 cm³/mol. The van der Waals surface area contributed by atoms with Gasteiger partial charge in [0.25, 0.3) is 0 Å². The van der Waals surface area contributed by atoms with E-state index in [0.717, 1.165) is 30.4 Å². The second-order valence-corrected chi connectivity index (χ2v) is 5.87. The normalized spacial score (nSPS) is 11.9. The summed E-state index contributed by atoms with van der Waals surface area (Å²) in [6.45, 7) is 5.20. The number of benzene rings is 1. The summed E-state index contributed by atoms with van der Waals surface area (Å²) in [5, 5.41) is 18.0. The molecule has 0 fully saturated rings. The Morgan fingerprint density at radius 3 is 2.80 bits per heavy atom. The monoisotopic (exact) mass is 276 g/mol. The van der Waals surface area contributed by atoms with Gasteiger partial charge in [-0.3, -0.25) is 0 Å². The van der Waals surface area contributed by atoms with E-state index >= 15 is 0 Å². The number of hydrogen-bond donors (Lipinski definition) is 2. The van der Waals surface area contributed by atoms with Gasteiger partial charge in [-0.1, -0.05) is 13.8 Å². The molecule has 0 bridgehead atoms. The van der Waals surface area contributed by atoms with E-state index < -0.39 is 5.97 Å². The van der Waals surface area contributed by atoms with Crippen molar-refractivity contribution in [2.45, 2.75) is 33.2 Å². The summed E-state index contributed by atoms with van der Waals surface area (Å²) in [4.78, 5) is 15.4. The molecule has 2 rings (SSSR count). The number of aliphatic hydroxyl groups excluding tert-OH is 1. The average molecular weight is 276 g/mol. The molecule has 108 valence electrons. The molecule has 0 spiro atoms. The second kappa shape index (κ2) is 5.63. The number of carbonyl (C=O) groups is 1. The summed E-state index contributed by atoms with van der Waals surface area (Å²) in [5.41, 5.74) is 1.93. The van der Waals surface area contributed by atoms with Crippen LogP contribution >= 0.6 is 0 Å². The maximum atomic E-state index is 11.0. The first kappa shape index (κ1) is 14.5. The SMILES string of the molecule is CC(C)(CCCO)Cn1cnc2ccc(C(=O)O)cc21. The van der Waals surface area contributed by atoms with Crippen molar-refractivity contribution in [3.8, 4) is 0 Å². The molecule has 1 heterocycles. The van der Waals surface area contributed by atoms with Gasteiger partial charge in [0.15, 0.2) is 0 Å². The topological polar surface area (TPSA) is 75.3 Å². The fraction of sp³-hybridized carbons (Fsp3) is 0.467. The van der Waals surface area contributed by atoms with Crippen molar-refractivity contribution in [3.05, 3.63) is 30.1 Å². The molecule has 0 unspecified atom stereocenters. The molecule has 0 aliphatic heterocycles. The largest absolute Gasteiger partial charge is 0.478 e. The summed E-state index contributed by atoms with van der Waals surface area (Å²) in [6.07, 6.45) is 3.42. The fourth-order valence-corrected chi connectivity index (χ4v) is 2.41. The molecule has 0 saturated carbocycles. The Balaban J connectivity index is 2.30. The first-order chi connectivity index (χ1) is 9.43. The van der Waals surface area contributed by atoms with Gasteiger partial charge in [0.1, 0.15) is 0 Å². The maximum absolute atomic E-state index is 11.0. The lowest BCUT2D eigenvalue weighted by molar-refractivity contribution is 0.0697. The minimum atomic E-state index is -0.931. The molecule has 0 amide bonds. The van der Waals surface area contributed by atoms with Crippen molar-refractivity contribution >= 4 is 17.0 Å². The van der Waals surface area contributed by atoms with Gasteiger partial charge in [-0.25, -0.2) is 9.78 Å². The second-order valence-electron chi connectivity index (χ2n) is 5.87. The van der Waals surface area contributed by atoms with E-state index in [1.807, 2.05) is 4.57 Å². The highest BCUT2D eigenvalue weighted by molar-refractivity contribution is 5.92. The minimum Gasteiger partial charge on any atom is -0.478 e. The van der Waals surface area contributed by atoms with E-state index in [-0.39, 0.29) is 17.6 Å². The van der Waals surface area contributed by atoms with Gasteiger partial charge in [0.2, 0.25) is 0 Å². The third-order valence-corrected chi connectivity index (χ3v) is 3.48. The molecule has 20 heavy (non-hydrogen) atoms. The van der Waals surface area contributed by atoms with Gasteiger partial charge >= 0.3 is 5.97 Å². The number of rotatable bonds is 6. The Bertz CT molecular complexity index is 617. The summed E-state index contributed by atoms with van der Waals surface area (Å²) in [6, 6.07) is 4.96. The van der Waals surface area contributed by atoms with Crippen molar-refractivity contribution in [2.24, 2.45) is 5.41 Å². The van der Waals surface area contributed by atoms with Crippen LogP contribution in [0.4, 0.5) is 0 Å². The number of carboxylic acids is 1. The van der Waals surface area contributed by atoms with E-state index in [0.29, 0.717) is 0 Å². The molecule has 5 heteroatoms. The molecule has 2 N–H and O–H groups in total. The van der Waals surface area contributed by atoms with Crippen molar-refractivity contribution in [2.75, 3.05) is 6.61 Å². The summed E-state index contributed by atoms with van der Waals surface area (Å²) in [5.74, 6) is -0.931. The zero-order chi connectivity index (χ0) is 14.8. The van der Waals surface area contributed by atoms with Gasteiger partial charge in [-0.15, -0.1) is 0 Å². The molecular formula is C15H20N2O3. The van der Waals surface area contributed by atoms with E-state index in [1.54, 1.807) is 24.5 Å². The quantitative estimate of drug-likeness (QED) is 0.850. The smallest absolute Gasteiger partial charge is 0.335 e. The van der Waals surface area contributed by atoms with E-state index in [2.05, 4.69) is 18.8 Å². The number of hydrogen-bond acceptors (Lipinski definition) is 3. The number of fused-ring (bicyclic) bond motifs is 1. The average Bonchev–Trinajstić information content (AvgIpc) is 2.78. The van der Waals surface area contributed by atoms with Crippen LogP contribution in [0.5, 0.6) is 0 Å². The zero-order valence-electron chi connectivity index (χ0n) is 11.8. The van der Waals surface area contributed by atoms with Crippen molar-refractivity contribution in [3.63, 3.8) is 0 Å². The highest BCUT2D eigenvalue weighted by Crippen LogP contribution is 2.27. The molecule has 5 nitrogen and oxygen atoms in total. The predicted octanol–water partition coefficient (Wildman–Crippen LogP) is 2.53. The van der Waals surface area contributed by atoms with Crippen LogP contribution in [-0.2, 0) is 6.54 Å². The van der Waals surface area contributed by atoms with Crippen molar-refractivity contribution < 1.29 is 15.0 Å². The number of nitrogens with zero attached hydrogens (tertiary/aromatic N) is 2. The number of aliphatic hydroxyl groups is 1. The first-order valence-corrected chi connectivity index (χ1v) is 6.72. The lowest BCUT2D eigenvalue weighted by atomic mass is 9.88. The number of aromatic carboxylic acids is 1. The van der Waals surface area contributed by atoms with Crippen molar-refractivity contribution in [1.29, 1.82) is 0 Å². The standard InChI is InChI=1S/C15H20N2O3/c1-15(2,6-3-7-18)9-17-10-16-12-5-4-11(14(19)20)8-13(12)17/h4-5,8,10,18H,3,6-7,9H2,1-2H3,(H,19,20). The Labute approximate surface area is 117 Å². The maximum Gasteiger partial charge on any atom is 0.335 e. The van der Waals surface area contributed by atoms with Crippen LogP contribution in [0.15, 0.2) is 24.5 Å². The van der Waals surface area contributed by atoms with Crippen molar-refractivity contribution in [1.82, 2.24) is 9.55 Å². The molecular weight excluding hydrogens is 256 g/mol. The number of imidazole rings is 1. The first-order valence-electron chi connectivity index (χ1n) is 6.72. The lowest BCUT2D eigenvalue weighted by Gasteiger charge is -2.25. The number of aromatic nitrogens is 2. The molecule has 0 atom stereocenters. The molecule has 0 radical (unpaired) electrons. The van der Waals surface area contributed by atoms with E-state index in [9.17, 15) is 4.79 Å². The van der Waals surface area contributed by atoms with Crippen LogP contribution < -0.4 is 0 Å². The van der Waals surface area contributed by atoms with Crippen LogP contribution in [0, 0.1) is 5.41 Å². The van der Waals surface area contributed by atoms with Gasteiger partial charge in [-0.2, -0.15) is 0 Å². The molecule has 0 saturated heterocycles. The Morgan fingerprint density at radius 1 is 1.40 bits per heavy atom. The zero-order valence-corrected chi connectivity index (χ0v) is 11.8. The third kappa shape index (κ3) is 3.17. The molecule has 1 aromatic carbocycles. The van der Waals surface area contributed by atoms with Gasteiger partial charge in [0, 0.05) is 13.2 Å². The van der Waals surface area contributed by atoms with Gasteiger partial charge in [-0.05, 0) is 36.5 Å². The van der Waals surface area contributed by atoms with Crippen LogP contribution in [0.3, 0.4) is 0 Å². The Morgan fingerprint density at radius 2 is 2.15 bits per heavy atom. The Kier molecular flexibility index (Phi) is 4.09. The van der Waals surface area contributed by atoms with Crippen LogP contribution in [0.2, 0.25) is 0 Å². The van der Waals surface area contributed by atoms with Gasteiger partial charge < -0.3 is 14.8 Å². The summed E-state index contributed by atoms with van der Waals surface area (Å²) < 4.78 is 1.99. The van der Waals surface area contributed by atoms with E-state index in [4.69, 9.17) is 10.2 Å². The van der Waals surface area contributed by atoms with Crippen LogP contribution in [0.25, 0.3) is 11.0 Å². The molecule has 2 aromatic rings. The summed E-state index contributed by atoms with van der Waals surface area (Å²) in [7, 11) is 0. The molecule has 0 aliphatic rings. The molecule has 1 aromatic heterocycles. The minimum absolute atomic E-state index is 0.0234. The highest BCUT2D eigenvalue weighted by Gasteiger charge is 2.19. The number of carboxylic acid groups (broad SMARTS) is 1. The van der Waals surface area contributed by atoms with Crippen LogP contribution in [-0.4, -0.2) is 32.3 Å². The third-order valence-electron chi connectivity index (χ3n) is 3.48. The molecule has 0 aliphatic carbocycles. The van der Waals surface area contributed by atoms with Gasteiger partial charge in [0.05, 0.1) is 22.9 Å². The fourth-order valence-electron chi connectivity index (χ4n) is 2.41. The highest BCUT2D eigenvalue weighted by atomic mass is 16.4. The Hall–Kier alpha value is -1.88. The lowest BCUT2D eigenvalue weighted by Crippen LogP contribution is -2.19. The van der Waals surface area contributed by atoms with E-state index in [1.165, 1.54) is 0 Å².